The zero-order valence-electron chi connectivity index (χ0n) is 14.7. The lowest BCUT2D eigenvalue weighted by atomic mass is 10.1. The van der Waals surface area contributed by atoms with Crippen LogP contribution in [0.2, 0.25) is 0 Å². The Kier molecular flexibility index (Phi) is 5.80. The number of nitrogens with zero attached hydrogens (tertiary/aromatic N) is 2. The number of alkyl halides is 3. The van der Waals surface area contributed by atoms with Crippen molar-refractivity contribution in [1.29, 1.82) is 0 Å². The first kappa shape index (κ1) is 19.2. The summed E-state index contributed by atoms with van der Waals surface area (Å²) >= 11 is 0. The first-order valence-electron chi connectivity index (χ1n) is 8.41. The lowest BCUT2D eigenvalue weighted by molar-refractivity contribution is -0.137. The minimum Gasteiger partial charge on any atom is -0.341 e. The first-order chi connectivity index (χ1) is 13.4. The number of benzene rings is 2. The van der Waals surface area contributed by atoms with Gasteiger partial charge < -0.3 is 9.88 Å². The highest BCUT2D eigenvalue weighted by molar-refractivity contribution is 5.94. The minimum atomic E-state index is -4.41. The number of nitrogens with one attached hydrogen (secondary N) is 1. The quantitative estimate of drug-likeness (QED) is 0.698. The van der Waals surface area contributed by atoms with Crippen LogP contribution in [0.1, 0.15) is 27.0 Å². The maximum Gasteiger partial charge on any atom is 0.416 e. The van der Waals surface area contributed by atoms with Crippen molar-refractivity contribution in [3.63, 3.8) is 0 Å². The van der Waals surface area contributed by atoms with Gasteiger partial charge in [0.1, 0.15) is 0 Å². The molecule has 3 rings (SSSR count). The van der Waals surface area contributed by atoms with Crippen molar-refractivity contribution in [3.05, 3.63) is 89.5 Å². The molecule has 0 bridgehead atoms. The molecule has 0 atom stereocenters. The number of halogens is 3. The molecule has 1 amide bonds. The summed E-state index contributed by atoms with van der Waals surface area (Å²) in [6, 6.07) is 11.9. The minimum absolute atomic E-state index is 0.0336. The van der Waals surface area contributed by atoms with Crippen molar-refractivity contribution in [2.75, 3.05) is 6.54 Å². The van der Waals surface area contributed by atoms with E-state index in [0.29, 0.717) is 12.1 Å². The average molecular weight is 383 g/mol. The monoisotopic (exact) mass is 383 g/mol. The fourth-order valence-electron chi connectivity index (χ4n) is 2.50. The van der Waals surface area contributed by atoms with Crippen molar-refractivity contribution in [2.24, 2.45) is 0 Å². The van der Waals surface area contributed by atoms with E-state index in [1.165, 1.54) is 12.1 Å². The van der Waals surface area contributed by atoms with Crippen molar-refractivity contribution in [2.45, 2.75) is 12.7 Å². The molecule has 0 saturated heterocycles. The second-order valence-corrected chi connectivity index (χ2v) is 5.99. The smallest absolute Gasteiger partial charge is 0.341 e. The van der Waals surface area contributed by atoms with Gasteiger partial charge in [0.25, 0.3) is 5.91 Å². The van der Waals surface area contributed by atoms with Gasteiger partial charge >= 0.3 is 6.18 Å². The van der Waals surface area contributed by atoms with Gasteiger partial charge in [-0.1, -0.05) is 30.0 Å². The van der Waals surface area contributed by atoms with E-state index in [0.717, 1.165) is 17.7 Å². The van der Waals surface area contributed by atoms with E-state index < -0.39 is 11.7 Å². The molecule has 7 heteroatoms. The maximum atomic E-state index is 12.7. The standard InChI is InChI=1S/C21H16F3N3O/c22-21(23,24)19-5-1-3-16(13-19)4-2-10-26-20(28)18-8-6-17(7-9-18)14-27-12-11-25-15-27/h1,3,5-9,11-13,15H,10,14H2,(H,26,28). The van der Waals surface area contributed by atoms with E-state index in [2.05, 4.69) is 22.1 Å². The molecule has 1 N–H and O–H groups in total. The van der Waals surface area contributed by atoms with Crippen molar-refractivity contribution >= 4 is 5.91 Å². The van der Waals surface area contributed by atoms with Crippen LogP contribution in [0.3, 0.4) is 0 Å². The summed E-state index contributed by atoms with van der Waals surface area (Å²) in [4.78, 5) is 16.1. The van der Waals surface area contributed by atoms with Gasteiger partial charge in [0, 0.05) is 30.1 Å². The predicted molar refractivity (Wildman–Crippen MR) is 98.4 cm³/mol. The molecular weight excluding hydrogens is 367 g/mol. The molecule has 28 heavy (non-hydrogen) atoms. The number of rotatable bonds is 4. The number of carbonyl (C=O) groups excluding carboxylic acids is 1. The number of aromatic nitrogens is 2. The predicted octanol–water partition coefficient (Wildman–Crippen LogP) is 3.73. The average Bonchev–Trinajstić information content (AvgIpc) is 3.18. The Morgan fingerprint density at radius 3 is 2.61 bits per heavy atom. The molecular formula is C21H16F3N3O. The topological polar surface area (TPSA) is 46.9 Å². The van der Waals surface area contributed by atoms with E-state index in [4.69, 9.17) is 0 Å². The van der Waals surface area contributed by atoms with E-state index in [-0.39, 0.29) is 18.0 Å². The van der Waals surface area contributed by atoms with Crippen molar-refractivity contribution in [1.82, 2.24) is 14.9 Å². The largest absolute Gasteiger partial charge is 0.416 e. The zero-order chi connectivity index (χ0) is 20.0. The van der Waals surface area contributed by atoms with Crippen LogP contribution in [0.25, 0.3) is 0 Å². The van der Waals surface area contributed by atoms with Crippen LogP contribution in [0.4, 0.5) is 13.2 Å². The SMILES string of the molecule is O=C(NCC#Cc1cccc(C(F)(F)F)c1)c1ccc(Cn2ccnc2)cc1. The summed E-state index contributed by atoms with van der Waals surface area (Å²) in [5.41, 5.74) is 1.00. The normalized spacial score (nSPS) is 10.8. The van der Waals surface area contributed by atoms with Crippen molar-refractivity contribution < 1.29 is 18.0 Å². The van der Waals surface area contributed by atoms with E-state index >= 15 is 0 Å². The summed E-state index contributed by atoms with van der Waals surface area (Å²) in [5.74, 6) is 4.99. The molecule has 0 aliphatic carbocycles. The Morgan fingerprint density at radius 2 is 1.93 bits per heavy atom. The Balaban J connectivity index is 1.54. The van der Waals surface area contributed by atoms with Gasteiger partial charge in [-0.3, -0.25) is 4.79 Å². The Labute approximate surface area is 160 Å². The number of hydrogen-bond acceptors (Lipinski definition) is 2. The summed E-state index contributed by atoms with van der Waals surface area (Å²) in [6.07, 6.45) is 0.853. The number of carbonyl (C=O) groups is 1. The van der Waals surface area contributed by atoms with Gasteiger partial charge in [-0.25, -0.2) is 4.98 Å². The molecule has 0 radical (unpaired) electrons. The molecule has 1 aromatic heterocycles. The Morgan fingerprint density at radius 1 is 1.14 bits per heavy atom. The van der Waals surface area contributed by atoms with E-state index in [1.54, 1.807) is 24.7 Å². The van der Waals surface area contributed by atoms with Gasteiger partial charge in [-0.2, -0.15) is 13.2 Å². The van der Waals surface area contributed by atoms with Crippen LogP contribution >= 0.6 is 0 Å². The van der Waals surface area contributed by atoms with Gasteiger partial charge in [0.2, 0.25) is 0 Å². The summed E-state index contributed by atoms with van der Waals surface area (Å²) in [7, 11) is 0. The molecule has 142 valence electrons. The third-order valence-corrected chi connectivity index (χ3v) is 3.90. The second kappa shape index (κ2) is 8.44. The second-order valence-electron chi connectivity index (χ2n) is 5.99. The van der Waals surface area contributed by atoms with Crippen LogP contribution in [0.5, 0.6) is 0 Å². The molecule has 0 fully saturated rings. The third kappa shape index (κ3) is 5.24. The van der Waals surface area contributed by atoms with Crippen LogP contribution < -0.4 is 5.32 Å². The fourth-order valence-corrected chi connectivity index (χ4v) is 2.50. The molecule has 0 saturated carbocycles. The van der Waals surface area contributed by atoms with E-state index in [1.807, 2.05) is 22.9 Å². The third-order valence-electron chi connectivity index (χ3n) is 3.90. The van der Waals surface area contributed by atoms with Crippen LogP contribution in [-0.2, 0) is 12.7 Å². The molecule has 1 heterocycles. The molecule has 0 unspecified atom stereocenters. The highest BCUT2D eigenvalue weighted by Crippen LogP contribution is 2.29. The van der Waals surface area contributed by atoms with E-state index in [9.17, 15) is 18.0 Å². The molecule has 0 aliphatic heterocycles. The van der Waals surface area contributed by atoms with Crippen molar-refractivity contribution in [3.8, 4) is 11.8 Å². The summed E-state index contributed by atoms with van der Waals surface area (Å²) < 4.78 is 39.9. The van der Waals surface area contributed by atoms with Crippen LogP contribution in [-0.4, -0.2) is 22.0 Å². The molecule has 0 spiro atoms. The molecule has 4 nitrogen and oxygen atoms in total. The number of amides is 1. The lowest BCUT2D eigenvalue weighted by Gasteiger charge is -2.06. The zero-order valence-corrected chi connectivity index (χ0v) is 14.7. The van der Waals surface area contributed by atoms with Gasteiger partial charge in [-0.15, -0.1) is 0 Å². The fraction of sp³-hybridized carbons (Fsp3) is 0.143. The molecule has 0 aliphatic rings. The number of hydrogen-bond donors (Lipinski definition) is 1. The highest BCUT2D eigenvalue weighted by atomic mass is 19.4. The summed E-state index contributed by atoms with van der Waals surface area (Å²) in [6.45, 7) is 0.691. The Hall–Kier alpha value is -3.53. The highest BCUT2D eigenvalue weighted by Gasteiger charge is 2.30. The molecule has 2 aromatic carbocycles. The van der Waals surface area contributed by atoms with Gasteiger partial charge in [-0.05, 0) is 35.9 Å². The van der Waals surface area contributed by atoms with Crippen LogP contribution in [0.15, 0.2) is 67.3 Å². The number of imidazole rings is 1. The summed E-state index contributed by atoms with van der Waals surface area (Å²) in [5, 5.41) is 2.63. The van der Waals surface area contributed by atoms with Gasteiger partial charge in [0.15, 0.2) is 0 Å². The Bertz CT molecular complexity index is 998. The molecule has 3 aromatic rings. The van der Waals surface area contributed by atoms with Gasteiger partial charge in [0.05, 0.1) is 18.4 Å². The van der Waals surface area contributed by atoms with Crippen LogP contribution in [0, 0.1) is 11.8 Å². The first-order valence-corrected chi connectivity index (χ1v) is 8.41. The maximum absolute atomic E-state index is 12.7. The lowest BCUT2D eigenvalue weighted by Crippen LogP contribution is -2.23.